The molecule has 1 fully saturated rings. The molecule has 1 aromatic rings. The highest BCUT2D eigenvalue weighted by molar-refractivity contribution is 6.31. The normalized spacial score (nSPS) is 21.2. The second-order valence-corrected chi connectivity index (χ2v) is 5.49. The van der Waals surface area contributed by atoms with Gasteiger partial charge in [-0.2, -0.15) is 0 Å². The minimum Gasteiger partial charge on any atom is -0.381 e. The first-order valence-corrected chi connectivity index (χ1v) is 7.17. The number of rotatable bonds is 5. The van der Waals surface area contributed by atoms with Gasteiger partial charge in [0.2, 0.25) is 0 Å². The summed E-state index contributed by atoms with van der Waals surface area (Å²) in [5.74, 6) is 0.539. The van der Waals surface area contributed by atoms with Gasteiger partial charge in [-0.3, -0.25) is 0 Å². The fourth-order valence-corrected chi connectivity index (χ4v) is 2.88. The van der Waals surface area contributed by atoms with Crippen LogP contribution in [0.3, 0.4) is 0 Å². The lowest BCUT2D eigenvalue weighted by Gasteiger charge is -2.25. The van der Waals surface area contributed by atoms with E-state index in [1.54, 1.807) is 0 Å². The Morgan fingerprint density at radius 3 is 2.94 bits per heavy atom. The average molecular weight is 268 g/mol. The van der Waals surface area contributed by atoms with Crippen molar-refractivity contribution in [2.45, 2.75) is 32.7 Å². The van der Waals surface area contributed by atoms with Gasteiger partial charge in [0.15, 0.2) is 0 Å². The molecular weight excluding hydrogens is 246 g/mol. The Balaban J connectivity index is 2.20. The molecule has 2 atom stereocenters. The summed E-state index contributed by atoms with van der Waals surface area (Å²) in [6, 6.07) is 6.66. The smallest absolute Gasteiger partial charge is 0.0513 e. The summed E-state index contributed by atoms with van der Waals surface area (Å²) in [5.41, 5.74) is 2.42. The maximum Gasteiger partial charge on any atom is 0.0513 e. The lowest BCUT2D eigenvalue weighted by molar-refractivity contribution is 0.176. The summed E-state index contributed by atoms with van der Waals surface area (Å²) in [6.45, 7) is 6.99. The fourth-order valence-electron chi connectivity index (χ4n) is 2.53. The number of hydrogen-bond acceptors (Lipinski definition) is 2. The third kappa shape index (κ3) is 3.25. The largest absolute Gasteiger partial charge is 0.381 e. The van der Waals surface area contributed by atoms with Gasteiger partial charge in [0.1, 0.15) is 0 Å². The summed E-state index contributed by atoms with van der Waals surface area (Å²) in [7, 11) is 0. The Morgan fingerprint density at radius 2 is 2.33 bits per heavy atom. The van der Waals surface area contributed by atoms with E-state index in [-0.39, 0.29) is 0 Å². The number of hydrogen-bond donors (Lipinski definition) is 1. The molecule has 1 heterocycles. The molecule has 0 saturated carbocycles. The van der Waals surface area contributed by atoms with Crippen LogP contribution in [0.5, 0.6) is 0 Å². The van der Waals surface area contributed by atoms with Crippen molar-refractivity contribution < 1.29 is 4.74 Å². The molecule has 1 aliphatic heterocycles. The van der Waals surface area contributed by atoms with E-state index in [0.717, 1.165) is 37.6 Å². The van der Waals surface area contributed by atoms with Crippen molar-refractivity contribution in [3.05, 3.63) is 34.3 Å². The standard InChI is InChI=1S/C15H22ClNO/c1-3-7-17-15(12-6-8-18-10-12)13-5-4-11(2)9-14(13)16/h4-5,9,12,15,17H,3,6-8,10H2,1-2H3. The van der Waals surface area contributed by atoms with Gasteiger partial charge in [-0.1, -0.05) is 30.7 Å². The Morgan fingerprint density at radius 1 is 1.50 bits per heavy atom. The third-order valence-corrected chi connectivity index (χ3v) is 3.87. The Kier molecular flexibility index (Phi) is 5.04. The van der Waals surface area contributed by atoms with Crippen LogP contribution in [0.2, 0.25) is 5.02 Å². The number of benzene rings is 1. The number of aryl methyl sites for hydroxylation is 1. The highest BCUT2D eigenvalue weighted by Crippen LogP contribution is 2.33. The molecule has 100 valence electrons. The zero-order valence-corrected chi connectivity index (χ0v) is 12.0. The molecule has 1 saturated heterocycles. The quantitative estimate of drug-likeness (QED) is 0.878. The molecule has 0 aliphatic carbocycles. The first kappa shape index (κ1) is 13.9. The minimum atomic E-state index is 0.320. The number of nitrogens with one attached hydrogen (secondary N) is 1. The van der Waals surface area contributed by atoms with E-state index in [1.165, 1.54) is 11.1 Å². The van der Waals surface area contributed by atoms with Crippen LogP contribution < -0.4 is 5.32 Å². The Hall–Kier alpha value is -0.570. The van der Waals surface area contributed by atoms with Crippen LogP contribution in [0.15, 0.2) is 18.2 Å². The predicted molar refractivity (Wildman–Crippen MR) is 76.1 cm³/mol. The van der Waals surface area contributed by atoms with E-state index in [2.05, 4.69) is 31.3 Å². The van der Waals surface area contributed by atoms with Crippen LogP contribution >= 0.6 is 11.6 Å². The van der Waals surface area contributed by atoms with Crippen LogP contribution in [0, 0.1) is 12.8 Å². The van der Waals surface area contributed by atoms with Crippen molar-refractivity contribution in [3.63, 3.8) is 0 Å². The van der Waals surface area contributed by atoms with Crippen LogP contribution in [0.25, 0.3) is 0 Å². The van der Waals surface area contributed by atoms with Gasteiger partial charge in [-0.25, -0.2) is 0 Å². The van der Waals surface area contributed by atoms with E-state index < -0.39 is 0 Å². The topological polar surface area (TPSA) is 21.3 Å². The van der Waals surface area contributed by atoms with Gasteiger partial charge in [0, 0.05) is 23.6 Å². The van der Waals surface area contributed by atoms with Gasteiger partial charge in [-0.05, 0) is 43.5 Å². The summed E-state index contributed by atoms with van der Waals surface area (Å²) in [6.07, 6.45) is 2.25. The fraction of sp³-hybridized carbons (Fsp3) is 0.600. The lowest BCUT2D eigenvalue weighted by atomic mass is 9.91. The molecule has 0 bridgehead atoms. The van der Waals surface area contributed by atoms with Crippen LogP contribution in [0.4, 0.5) is 0 Å². The van der Waals surface area contributed by atoms with Crippen molar-refractivity contribution in [1.82, 2.24) is 5.32 Å². The summed E-state index contributed by atoms with van der Waals surface area (Å²) in [5, 5.41) is 4.49. The van der Waals surface area contributed by atoms with Crippen LogP contribution in [-0.2, 0) is 4.74 Å². The molecule has 0 spiro atoms. The molecule has 0 amide bonds. The molecule has 0 radical (unpaired) electrons. The number of ether oxygens (including phenoxy) is 1. The van der Waals surface area contributed by atoms with E-state index in [4.69, 9.17) is 16.3 Å². The predicted octanol–water partition coefficient (Wildman–Crippen LogP) is 3.73. The Bertz CT molecular complexity index is 388. The van der Waals surface area contributed by atoms with Gasteiger partial charge in [0.25, 0.3) is 0 Å². The summed E-state index contributed by atoms with van der Waals surface area (Å²) in [4.78, 5) is 0. The molecule has 18 heavy (non-hydrogen) atoms. The van der Waals surface area contributed by atoms with Crippen molar-refractivity contribution in [1.29, 1.82) is 0 Å². The summed E-state index contributed by atoms with van der Waals surface area (Å²) >= 11 is 6.40. The monoisotopic (exact) mass is 267 g/mol. The molecule has 1 aliphatic rings. The van der Waals surface area contributed by atoms with E-state index in [0.29, 0.717) is 12.0 Å². The zero-order chi connectivity index (χ0) is 13.0. The average Bonchev–Trinajstić information content (AvgIpc) is 2.85. The van der Waals surface area contributed by atoms with Gasteiger partial charge < -0.3 is 10.1 Å². The Labute approximate surface area is 115 Å². The molecule has 0 aromatic heterocycles. The number of halogens is 1. The maximum atomic E-state index is 6.40. The molecule has 1 aromatic carbocycles. The zero-order valence-electron chi connectivity index (χ0n) is 11.2. The van der Waals surface area contributed by atoms with Crippen molar-refractivity contribution in [2.75, 3.05) is 19.8 Å². The molecule has 3 heteroatoms. The van der Waals surface area contributed by atoms with Gasteiger partial charge in [-0.15, -0.1) is 0 Å². The van der Waals surface area contributed by atoms with Crippen molar-refractivity contribution >= 4 is 11.6 Å². The molecule has 1 N–H and O–H groups in total. The molecule has 2 nitrogen and oxygen atoms in total. The van der Waals surface area contributed by atoms with Gasteiger partial charge >= 0.3 is 0 Å². The first-order chi connectivity index (χ1) is 8.72. The second kappa shape index (κ2) is 6.55. The second-order valence-electron chi connectivity index (χ2n) is 5.08. The van der Waals surface area contributed by atoms with Gasteiger partial charge in [0.05, 0.1) is 6.61 Å². The SMILES string of the molecule is CCCNC(c1ccc(C)cc1Cl)C1CCOC1. The third-order valence-electron chi connectivity index (χ3n) is 3.54. The highest BCUT2D eigenvalue weighted by Gasteiger charge is 2.27. The molecular formula is C15H22ClNO. The minimum absolute atomic E-state index is 0.320. The first-order valence-electron chi connectivity index (χ1n) is 6.79. The van der Waals surface area contributed by atoms with E-state index >= 15 is 0 Å². The highest BCUT2D eigenvalue weighted by atomic mass is 35.5. The summed E-state index contributed by atoms with van der Waals surface area (Å²) < 4.78 is 5.52. The van der Waals surface area contributed by atoms with E-state index in [9.17, 15) is 0 Å². The molecule has 2 rings (SSSR count). The molecule has 2 unspecified atom stereocenters. The lowest BCUT2D eigenvalue weighted by Crippen LogP contribution is -2.29. The van der Waals surface area contributed by atoms with Crippen LogP contribution in [0.1, 0.15) is 36.9 Å². The van der Waals surface area contributed by atoms with E-state index in [1.807, 2.05) is 6.07 Å². The maximum absolute atomic E-state index is 6.40. The van der Waals surface area contributed by atoms with Crippen molar-refractivity contribution in [2.24, 2.45) is 5.92 Å². The van der Waals surface area contributed by atoms with Crippen molar-refractivity contribution in [3.8, 4) is 0 Å². The van der Waals surface area contributed by atoms with Crippen LogP contribution in [-0.4, -0.2) is 19.8 Å².